The number of hydrogen-bond donors (Lipinski definition) is 1. The summed E-state index contributed by atoms with van der Waals surface area (Å²) in [7, 11) is -2.25. The number of nitrogens with one attached hydrogen (secondary N) is 1. The van der Waals surface area contributed by atoms with Crippen molar-refractivity contribution in [1.29, 1.82) is 0 Å². The Bertz CT molecular complexity index is 992. The molecule has 0 unspecified atom stereocenters. The monoisotopic (exact) mass is 440 g/mol. The summed E-state index contributed by atoms with van der Waals surface area (Å²) in [6.07, 6.45) is 1.26. The van der Waals surface area contributed by atoms with Crippen LogP contribution in [-0.2, 0) is 10.0 Å². The molecule has 1 fully saturated rings. The van der Waals surface area contributed by atoms with Crippen LogP contribution >= 0.6 is 11.6 Å². The smallest absolute Gasteiger partial charge is 0.256 e. The van der Waals surface area contributed by atoms with Gasteiger partial charge in [0, 0.05) is 19.6 Å². The van der Waals surface area contributed by atoms with Crippen LogP contribution in [0.5, 0.6) is 5.75 Å². The van der Waals surface area contributed by atoms with Crippen molar-refractivity contribution in [3.63, 3.8) is 0 Å². The quantitative estimate of drug-likeness (QED) is 0.747. The van der Waals surface area contributed by atoms with Crippen molar-refractivity contribution in [3.05, 3.63) is 58.9 Å². The first-order valence-electron chi connectivity index (χ1n) is 9.19. The largest absolute Gasteiger partial charge is 0.495 e. The third kappa shape index (κ3) is 5.07. The Labute approximate surface area is 174 Å². The van der Waals surface area contributed by atoms with Crippen LogP contribution in [0.15, 0.2) is 47.4 Å². The van der Waals surface area contributed by atoms with E-state index in [1.165, 1.54) is 37.4 Å². The lowest BCUT2D eigenvalue weighted by atomic mass is 9.96. The molecule has 29 heavy (non-hydrogen) atoms. The van der Waals surface area contributed by atoms with Crippen LogP contribution < -0.4 is 9.46 Å². The Kier molecular flexibility index (Phi) is 6.77. The van der Waals surface area contributed by atoms with Gasteiger partial charge in [-0.1, -0.05) is 23.7 Å². The maximum Gasteiger partial charge on any atom is 0.256 e. The number of carbonyl (C=O) groups is 1. The number of hydrogen-bond acceptors (Lipinski definition) is 4. The zero-order chi connectivity index (χ0) is 21.0. The van der Waals surface area contributed by atoms with Gasteiger partial charge in [0.1, 0.15) is 11.6 Å². The van der Waals surface area contributed by atoms with Gasteiger partial charge in [-0.15, -0.1) is 0 Å². The van der Waals surface area contributed by atoms with Gasteiger partial charge in [0.25, 0.3) is 5.91 Å². The summed E-state index contributed by atoms with van der Waals surface area (Å²) in [6, 6.07) is 10.2. The standard InChI is InChI=1S/C20H22ClFN2O4S/c1-28-19-7-6-15(12-17(19)21)29(26,27)23-13-14-8-10-24(11-9-14)20(25)16-4-2-3-5-18(16)22/h2-7,12,14,23H,8-11,13H2,1H3. The lowest BCUT2D eigenvalue weighted by Crippen LogP contribution is -2.41. The normalized spacial score (nSPS) is 15.3. The van der Waals surface area contributed by atoms with Crippen molar-refractivity contribution in [1.82, 2.24) is 9.62 Å². The molecule has 6 nitrogen and oxygen atoms in total. The topological polar surface area (TPSA) is 75.7 Å². The number of methoxy groups -OCH3 is 1. The van der Waals surface area contributed by atoms with Gasteiger partial charge >= 0.3 is 0 Å². The molecule has 1 aliphatic rings. The maximum atomic E-state index is 13.8. The number of amides is 1. The van der Waals surface area contributed by atoms with Crippen molar-refractivity contribution in [2.45, 2.75) is 17.7 Å². The van der Waals surface area contributed by atoms with E-state index in [1.54, 1.807) is 17.0 Å². The van der Waals surface area contributed by atoms with E-state index in [9.17, 15) is 17.6 Å². The highest BCUT2D eigenvalue weighted by atomic mass is 35.5. The molecule has 0 atom stereocenters. The molecule has 2 aromatic rings. The number of halogens is 2. The van der Waals surface area contributed by atoms with Crippen molar-refractivity contribution < 1.29 is 22.3 Å². The summed E-state index contributed by atoms with van der Waals surface area (Å²) in [5, 5.41) is 0.218. The number of carbonyl (C=O) groups excluding carboxylic acids is 1. The van der Waals surface area contributed by atoms with E-state index < -0.39 is 15.8 Å². The second-order valence-corrected chi connectivity index (χ2v) is 9.04. The number of piperidine rings is 1. The van der Waals surface area contributed by atoms with Gasteiger partial charge in [0.05, 0.1) is 22.6 Å². The minimum Gasteiger partial charge on any atom is -0.495 e. The highest BCUT2D eigenvalue weighted by Gasteiger charge is 2.26. The maximum absolute atomic E-state index is 13.8. The average molecular weight is 441 g/mol. The summed E-state index contributed by atoms with van der Waals surface area (Å²) in [6.45, 7) is 1.16. The number of sulfonamides is 1. The minimum absolute atomic E-state index is 0.0584. The fourth-order valence-corrected chi connectivity index (χ4v) is 4.73. The summed E-state index contributed by atoms with van der Waals surface area (Å²) in [5.74, 6) is -0.388. The Hall–Kier alpha value is -2.16. The first-order valence-corrected chi connectivity index (χ1v) is 11.0. The van der Waals surface area contributed by atoms with Crippen LogP contribution in [0, 0.1) is 11.7 Å². The van der Waals surface area contributed by atoms with Gasteiger partial charge in [-0.25, -0.2) is 17.5 Å². The third-order valence-electron chi connectivity index (χ3n) is 5.00. The lowest BCUT2D eigenvalue weighted by molar-refractivity contribution is 0.0687. The summed E-state index contributed by atoms with van der Waals surface area (Å²) in [5.41, 5.74) is 0.0584. The molecule has 0 bridgehead atoms. The van der Waals surface area contributed by atoms with E-state index in [2.05, 4.69) is 4.72 Å². The van der Waals surface area contributed by atoms with Crippen LogP contribution in [0.2, 0.25) is 5.02 Å². The fourth-order valence-electron chi connectivity index (χ4n) is 3.27. The van der Waals surface area contributed by atoms with E-state index in [-0.39, 0.29) is 33.9 Å². The molecule has 0 spiro atoms. The van der Waals surface area contributed by atoms with E-state index >= 15 is 0 Å². The molecule has 9 heteroatoms. The van der Waals surface area contributed by atoms with Crippen LogP contribution in [0.3, 0.4) is 0 Å². The average Bonchev–Trinajstić information content (AvgIpc) is 2.72. The van der Waals surface area contributed by atoms with E-state index in [0.717, 1.165) is 0 Å². The Morgan fingerprint density at radius 3 is 2.55 bits per heavy atom. The predicted molar refractivity (Wildman–Crippen MR) is 108 cm³/mol. The van der Waals surface area contributed by atoms with E-state index in [1.807, 2.05) is 0 Å². The van der Waals surface area contributed by atoms with Crippen LogP contribution in [-0.4, -0.2) is 46.0 Å². The van der Waals surface area contributed by atoms with Crippen molar-refractivity contribution in [2.75, 3.05) is 26.7 Å². The van der Waals surface area contributed by atoms with Gasteiger partial charge in [0.15, 0.2) is 0 Å². The molecule has 156 valence electrons. The molecule has 1 aliphatic heterocycles. The fraction of sp³-hybridized carbons (Fsp3) is 0.350. The van der Waals surface area contributed by atoms with Gasteiger partial charge in [-0.3, -0.25) is 4.79 Å². The van der Waals surface area contributed by atoms with Crippen LogP contribution in [0.25, 0.3) is 0 Å². The third-order valence-corrected chi connectivity index (χ3v) is 6.72. The van der Waals surface area contributed by atoms with Crippen molar-refractivity contribution in [2.24, 2.45) is 5.92 Å². The minimum atomic E-state index is -3.71. The highest BCUT2D eigenvalue weighted by molar-refractivity contribution is 7.89. The van der Waals surface area contributed by atoms with Gasteiger partial charge in [-0.05, 0) is 49.1 Å². The number of rotatable bonds is 6. The Morgan fingerprint density at radius 1 is 1.24 bits per heavy atom. The Morgan fingerprint density at radius 2 is 1.93 bits per heavy atom. The zero-order valence-corrected chi connectivity index (χ0v) is 17.5. The molecule has 0 radical (unpaired) electrons. The first kappa shape index (κ1) is 21.5. The summed E-state index contributed by atoms with van der Waals surface area (Å²) >= 11 is 6.01. The second kappa shape index (κ2) is 9.11. The molecule has 1 saturated heterocycles. The van der Waals surface area contributed by atoms with Crippen LogP contribution in [0.1, 0.15) is 23.2 Å². The molecule has 1 heterocycles. The summed E-state index contributed by atoms with van der Waals surface area (Å²) < 4.78 is 46.5. The van der Waals surface area contributed by atoms with E-state index in [4.69, 9.17) is 16.3 Å². The predicted octanol–water partition coefficient (Wildman–Crippen LogP) is 3.32. The van der Waals surface area contributed by atoms with Gasteiger partial charge in [-0.2, -0.15) is 0 Å². The number of nitrogens with zero attached hydrogens (tertiary/aromatic N) is 1. The molecule has 0 aliphatic carbocycles. The van der Waals surface area contributed by atoms with Crippen LogP contribution in [0.4, 0.5) is 4.39 Å². The molecular formula is C20H22ClFN2O4S. The van der Waals surface area contributed by atoms with Gasteiger partial charge < -0.3 is 9.64 Å². The van der Waals surface area contributed by atoms with Gasteiger partial charge in [0.2, 0.25) is 10.0 Å². The number of benzene rings is 2. The molecule has 1 amide bonds. The van der Waals surface area contributed by atoms with Crippen molar-refractivity contribution >= 4 is 27.5 Å². The highest BCUT2D eigenvalue weighted by Crippen LogP contribution is 2.27. The number of likely N-dealkylation sites (tertiary alicyclic amines) is 1. The SMILES string of the molecule is COc1ccc(S(=O)(=O)NCC2CCN(C(=O)c3ccccc3F)CC2)cc1Cl. The molecule has 0 saturated carbocycles. The number of ether oxygens (including phenoxy) is 1. The van der Waals surface area contributed by atoms with Crippen molar-refractivity contribution in [3.8, 4) is 5.75 Å². The molecular weight excluding hydrogens is 419 g/mol. The molecule has 1 N–H and O–H groups in total. The zero-order valence-electron chi connectivity index (χ0n) is 15.9. The second-order valence-electron chi connectivity index (χ2n) is 6.86. The lowest BCUT2D eigenvalue weighted by Gasteiger charge is -2.32. The summed E-state index contributed by atoms with van der Waals surface area (Å²) in [4.78, 5) is 14.1. The molecule has 0 aromatic heterocycles. The molecule has 2 aromatic carbocycles. The first-order chi connectivity index (χ1) is 13.8. The van der Waals surface area contributed by atoms with E-state index in [0.29, 0.717) is 31.7 Å². The molecule has 3 rings (SSSR count). The Balaban J connectivity index is 1.55.